The molecule has 1 rings (SSSR count). The third-order valence-electron chi connectivity index (χ3n) is 1.72. The van der Waals surface area contributed by atoms with Crippen molar-refractivity contribution in [3.8, 4) is 6.07 Å². The number of rotatable bonds is 1. The second-order valence-electron chi connectivity index (χ2n) is 2.76. The van der Waals surface area contributed by atoms with Gasteiger partial charge in [-0.1, -0.05) is 0 Å². The van der Waals surface area contributed by atoms with E-state index in [1.165, 1.54) is 28.7 Å². The average Bonchev–Trinajstić information content (AvgIpc) is 2.14. The zero-order valence-electron chi connectivity index (χ0n) is 7.40. The van der Waals surface area contributed by atoms with Gasteiger partial charge in [-0.2, -0.15) is 18.4 Å². The van der Waals surface area contributed by atoms with E-state index >= 15 is 0 Å². The van der Waals surface area contributed by atoms with Crippen LogP contribution in [0.3, 0.4) is 0 Å². The topological polar surface area (TPSA) is 40.9 Å². The third kappa shape index (κ3) is 2.65. The standard InChI is InChI=1S/C9H2ClF3INO/c10-8(16)4-1-5(3-15)7(6(14)2-4)9(11,12)13/h1-2H. The van der Waals surface area contributed by atoms with Gasteiger partial charge in [-0.05, 0) is 46.3 Å². The van der Waals surface area contributed by atoms with E-state index in [1.54, 1.807) is 0 Å². The first-order valence-corrected chi connectivity index (χ1v) is 5.23. The first-order valence-electron chi connectivity index (χ1n) is 3.78. The SMILES string of the molecule is N#Cc1cc(C(=O)Cl)cc(I)c1C(F)(F)F. The van der Waals surface area contributed by atoms with Gasteiger partial charge in [0.25, 0.3) is 5.24 Å². The van der Waals surface area contributed by atoms with Gasteiger partial charge in [0.1, 0.15) is 0 Å². The minimum Gasteiger partial charge on any atom is -0.276 e. The lowest BCUT2D eigenvalue weighted by atomic mass is 10.0. The highest BCUT2D eigenvalue weighted by Gasteiger charge is 2.36. The second kappa shape index (κ2) is 4.59. The van der Waals surface area contributed by atoms with E-state index in [0.717, 1.165) is 12.1 Å². The summed E-state index contributed by atoms with van der Waals surface area (Å²) in [7, 11) is 0. The largest absolute Gasteiger partial charge is 0.418 e. The van der Waals surface area contributed by atoms with Crippen LogP contribution in [0.2, 0.25) is 0 Å². The summed E-state index contributed by atoms with van der Waals surface area (Å²) in [5.41, 5.74) is -1.78. The molecular formula is C9H2ClF3INO. The van der Waals surface area contributed by atoms with Gasteiger partial charge in [-0.25, -0.2) is 0 Å². The second-order valence-corrected chi connectivity index (χ2v) is 4.27. The van der Waals surface area contributed by atoms with Crippen molar-refractivity contribution in [3.63, 3.8) is 0 Å². The van der Waals surface area contributed by atoms with Crippen molar-refractivity contribution < 1.29 is 18.0 Å². The molecule has 0 fully saturated rings. The number of carbonyl (C=O) groups is 1. The van der Waals surface area contributed by atoms with Crippen molar-refractivity contribution in [1.29, 1.82) is 5.26 Å². The summed E-state index contributed by atoms with van der Waals surface area (Å²) >= 11 is 6.55. The van der Waals surface area contributed by atoms with Gasteiger partial charge in [0.2, 0.25) is 0 Å². The van der Waals surface area contributed by atoms with Crippen molar-refractivity contribution in [2.45, 2.75) is 6.18 Å². The number of alkyl halides is 3. The first-order chi connectivity index (χ1) is 7.27. The molecule has 0 saturated heterocycles. The monoisotopic (exact) mass is 359 g/mol. The highest BCUT2D eigenvalue weighted by atomic mass is 127. The minimum absolute atomic E-state index is 0.129. The normalized spacial score (nSPS) is 11.0. The summed E-state index contributed by atoms with van der Waals surface area (Å²) in [4.78, 5) is 10.8. The third-order valence-corrected chi connectivity index (χ3v) is 2.79. The number of benzene rings is 1. The van der Waals surface area contributed by atoms with Crippen LogP contribution < -0.4 is 0 Å². The predicted molar refractivity (Wildman–Crippen MR) is 59.1 cm³/mol. The summed E-state index contributed by atoms with van der Waals surface area (Å²) in [6.07, 6.45) is -4.63. The van der Waals surface area contributed by atoms with Crippen LogP contribution in [-0.4, -0.2) is 5.24 Å². The zero-order chi connectivity index (χ0) is 12.5. The molecule has 0 atom stereocenters. The molecule has 84 valence electrons. The van der Waals surface area contributed by atoms with Crippen LogP contribution in [0.1, 0.15) is 21.5 Å². The van der Waals surface area contributed by atoms with E-state index in [2.05, 4.69) is 0 Å². The van der Waals surface area contributed by atoms with Gasteiger partial charge in [0, 0.05) is 9.13 Å². The van der Waals surface area contributed by atoms with Crippen LogP contribution in [0.4, 0.5) is 13.2 Å². The molecular weight excluding hydrogens is 357 g/mol. The fourth-order valence-corrected chi connectivity index (χ4v) is 2.14. The number of nitrogens with zero attached hydrogens (tertiary/aromatic N) is 1. The molecule has 16 heavy (non-hydrogen) atoms. The van der Waals surface area contributed by atoms with Gasteiger partial charge in [0.05, 0.1) is 17.2 Å². The van der Waals surface area contributed by atoms with E-state index in [9.17, 15) is 18.0 Å². The van der Waals surface area contributed by atoms with Gasteiger partial charge >= 0.3 is 6.18 Å². The molecule has 0 aliphatic heterocycles. The molecule has 1 aromatic rings. The molecule has 0 unspecified atom stereocenters. The molecule has 0 heterocycles. The molecule has 0 bridgehead atoms. The van der Waals surface area contributed by atoms with E-state index < -0.39 is 22.5 Å². The van der Waals surface area contributed by atoms with Gasteiger partial charge in [-0.3, -0.25) is 4.79 Å². The quantitative estimate of drug-likeness (QED) is 0.568. The first kappa shape index (κ1) is 13.3. The van der Waals surface area contributed by atoms with E-state index in [-0.39, 0.29) is 9.13 Å². The summed E-state index contributed by atoms with van der Waals surface area (Å²) in [5.74, 6) is 0. The van der Waals surface area contributed by atoms with Crippen LogP contribution in [0.25, 0.3) is 0 Å². The van der Waals surface area contributed by atoms with Crippen LogP contribution in [-0.2, 0) is 6.18 Å². The van der Waals surface area contributed by atoms with E-state index in [0.29, 0.717) is 0 Å². The Kier molecular flexibility index (Phi) is 3.80. The average molecular weight is 359 g/mol. The van der Waals surface area contributed by atoms with E-state index in [1.807, 2.05) is 0 Å². The predicted octanol–water partition coefficient (Wildman–Crippen LogP) is 3.56. The lowest BCUT2D eigenvalue weighted by Crippen LogP contribution is -2.11. The Balaban J connectivity index is 3.55. The Morgan fingerprint density at radius 3 is 2.38 bits per heavy atom. The molecule has 0 N–H and O–H groups in total. The van der Waals surface area contributed by atoms with Crippen LogP contribution in [0, 0.1) is 14.9 Å². The molecule has 0 spiro atoms. The molecule has 0 radical (unpaired) electrons. The highest BCUT2D eigenvalue weighted by molar-refractivity contribution is 14.1. The maximum absolute atomic E-state index is 12.6. The molecule has 0 aliphatic rings. The molecule has 0 aromatic heterocycles. The number of hydrogen-bond acceptors (Lipinski definition) is 2. The molecule has 7 heteroatoms. The Labute approximate surface area is 107 Å². The van der Waals surface area contributed by atoms with Crippen molar-refractivity contribution >= 4 is 39.4 Å². The van der Waals surface area contributed by atoms with Crippen molar-refractivity contribution in [2.75, 3.05) is 0 Å². The van der Waals surface area contributed by atoms with Crippen LogP contribution >= 0.6 is 34.2 Å². The number of halogens is 5. The lowest BCUT2D eigenvalue weighted by Gasteiger charge is -2.11. The maximum Gasteiger partial charge on any atom is 0.418 e. The Hall–Kier alpha value is -0.810. The number of carbonyl (C=O) groups excluding carboxylic acids is 1. The Morgan fingerprint density at radius 1 is 1.44 bits per heavy atom. The molecule has 0 aliphatic carbocycles. The Bertz CT molecular complexity index is 493. The molecule has 2 nitrogen and oxygen atoms in total. The zero-order valence-corrected chi connectivity index (χ0v) is 10.3. The summed E-state index contributed by atoms with van der Waals surface area (Å²) < 4.78 is 37.4. The fourth-order valence-electron chi connectivity index (χ4n) is 1.10. The van der Waals surface area contributed by atoms with Crippen molar-refractivity contribution in [3.05, 3.63) is 32.4 Å². The number of nitriles is 1. The summed E-state index contributed by atoms with van der Waals surface area (Å²) in [6.45, 7) is 0. The van der Waals surface area contributed by atoms with Crippen LogP contribution in [0.5, 0.6) is 0 Å². The summed E-state index contributed by atoms with van der Waals surface area (Å²) in [5, 5.41) is 7.70. The van der Waals surface area contributed by atoms with Crippen molar-refractivity contribution in [2.24, 2.45) is 0 Å². The van der Waals surface area contributed by atoms with Gasteiger partial charge in [0.15, 0.2) is 0 Å². The molecule has 0 saturated carbocycles. The fraction of sp³-hybridized carbons (Fsp3) is 0.111. The lowest BCUT2D eigenvalue weighted by molar-refractivity contribution is -0.138. The number of hydrogen-bond donors (Lipinski definition) is 0. The minimum atomic E-state index is -4.63. The van der Waals surface area contributed by atoms with Gasteiger partial charge in [-0.15, -0.1) is 0 Å². The Morgan fingerprint density at radius 2 is 2.00 bits per heavy atom. The maximum atomic E-state index is 12.6. The van der Waals surface area contributed by atoms with Crippen molar-refractivity contribution in [1.82, 2.24) is 0 Å². The highest BCUT2D eigenvalue weighted by Crippen LogP contribution is 2.36. The van der Waals surface area contributed by atoms with Gasteiger partial charge < -0.3 is 0 Å². The van der Waals surface area contributed by atoms with Crippen LogP contribution in [0.15, 0.2) is 12.1 Å². The molecule has 1 aromatic carbocycles. The summed E-state index contributed by atoms with van der Waals surface area (Å²) in [6, 6.07) is 3.24. The smallest absolute Gasteiger partial charge is 0.276 e. The van der Waals surface area contributed by atoms with E-state index in [4.69, 9.17) is 16.9 Å². The molecule has 0 amide bonds.